The van der Waals surface area contributed by atoms with Gasteiger partial charge in [-0.2, -0.15) is 0 Å². The van der Waals surface area contributed by atoms with Gasteiger partial charge < -0.3 is 81.3 Å². The lowest BCUT2D eigenvalue weighted by Gasteiger charge is -2.31. The van der Waals surface area contributed by atoms with E-state index in [2.05, 4.69) is 42.0 Å². The van der Waals surface area contributed by atoms with Crippen molar-refractivity contribution in [1.82, 2.24) is 10.6 Å². The van der Waals surface area contributed by atoms with Crippen molar-refractivity contribution in [3.8, 4) is 0 Å². The lowest BCUT2D eigenvalue weighted by Crippen LogP contribution is -2.49. The summed E-state index contributed by atoms with van der Waals surface area (Å²) in [4.78, 5) is 66.5. The molecule has 6 atom stereocenters. The molecule has 3 aromatic rings. The largest absolute Gasteiger partial charge is 0.480 e. The van der Waals surface area contributed by atoms with Gasteiger partial charge in [-0.05, 0) is 95.7 Å². The molecule has 0 spiro atoms. The molecule has 4 amide bonds. The first-order valence-corrected chi connectivity index (χ1v) is 27.9. The van der Waals surface area contributed by atoms with Gasteiger partial charge in [-0.1, -0.05) is 112 Å². The van der Waals surface area contributed by atoms with Crippen LogP contribution in [0.3, 0.4) is 0 Å². The fraction of sp³-hybridized carbons (Fsp3) is 0.623. The highest BCUT2D eigenvalue weighted by Crippen LogP contribution is 2.29. The summed E-state index contributed by atoms with van der Waals surface area (Å²) < 4.78 is 26.4. The lowest BCUT2D eigenvalue weighted by atomic mass is 9.98. The molecule has 3 saturated heterocycles. The third-order valence-electron chi connectivity index (χ3n) is 13.2. The van der Waals surface area contributed by atoms with Crippen LogP contribution in [0.2, 0.25) is 0 Å². The number of alkyl carbamates (subject to hydrolysis) is 2. The van der Waals surface area contributed by atoms with E-state index in [9.17, 15) is 24.0 Å². The standard InChI is InChI=1S/C21H33N3O4.C16H25N3O2.C11H21NO4.C10H14N2O.CH4O.2CH4.ClH/c1-6-15(2)18(23-20(26)28-21(3,4)5)19(25)22-16-9-7-8-10-17(16)24-11-13-27-14-12-24;1-3-12(2)15(17)16(20)18-13-6-4-5-7-14(13)19-8-10-21-11-9-19;1-6-7(2)8(9(13)14)12-10(15)16-11(3,4)5;11-9-3-1-2-4-10(9)12-5-7-13-8-6-12;1-2;;;/h7-10,15,18H,6,11-14H2,1-5H3,(H,22,25)(H,23,26);4-7,12,15H,3,8-11,17H2,1-2H3,(H,18,20);7-8H,6H2,1-5H3,(H,12,15)(H,13,14);1-4H,5-8,11H2;2H,1H3;2*1H4;1H/t15-,18-;12-,15-;7-,8-;;;;;/m000...../s1. The van der Waals surface area contributed by atoms with Crippen LogP contribution in [0.1, 0.15) is 117 Å². The molecule has 3 aliphatic rings. The zero-order valence-electron chi connectivity index (χ0n) is 50.4. The first-order chi connectivity index (χ1) is 37.9. The maximum Gasteiger partial charge on any atom is 0.408 e. The van der Waals surface area contributed by atoms with Crippen LogP contribution in [0.25, 0.3) is 0 Å². The molecule has 3 fully saturated rings. The molecule has 21 nitrogen and oxygen atoms in total. The number of nitrogens with two attached hydrogens (primary N) is 2. The van der Waals surface area contributed by atoms with Gasteiger partial charge in [0.25, 0.3) is 0 Å². The minimum Gasteiger partial charge on any atom is -0.480 e. The van der Waals surface area contributed by atoms with Crippen LogP contribution in [0, 0.1) is 17.8 Å². The van der Waals surface area contributed by atoms with E-state index in [0.717, 1.165) is 107 Å². The highest BCUT2D eigenvalue weighted by molar-refractivity contribution is 5.99. The van der Waals surface area contributed by atoms with Gasteiger partial charge >= 0.3 is 18.2 Å². The summed E-state index contributed by atoms with van der Waals surface area (Å²) in [5.41, 5.74) is 16.2. The van der Waals surface area contributed by atoms with Gasteiger partial charge in [0, 0.05) is 46.4 Å². The number of carboxylic acids is 1. The summed E-state index contributed by atoms with van der Waals surface area (Å²) in [6.45, 7) is 31.7. The third kappa shape index (κ3) is 29.3. The van der Waals surface area contributed by atoms with Crippen molar-refractivity contribution in [2.24, 2.45) is 23.5 Å². The van der Waals surface area contributed by atoms with Crippen molar-refractivity contribution in [2.45, 2.75) is 147 Å². The van der Waals surface area contributed by atoms with Crippen molar-refractivity contribution in [2.75, 3.05) is 117 Å². The second-order valence-corrected chi connectivity index (χ2v) is 21.6. The Bertz CT molecular complexity index is 2300. The number of halogens is 1. The fourth-order valence-corrected chi connectivity index (χ4v) is 8.09. The minimum atomic E-state index is -1.04. The van der Waals surface area contributed by atoms with Crippen LogP contribution in [0.4, 0.5) is 43.7 Å². The molecular formula is C61H106ClN9O12. The first kappa shape index (κ1) is 79.0. The number of carbonyl (C=O) groups is 5. The Kier molecular flexibility index (Phi) is 39.0. The molecule has 3 aliphatic heterocycles. The number of morpholine rings is 3. The number of ether oxygens (including phenoxy) is 5. The second kappa shape index (κ2) is 41.0. The number of carboxylic acid groups (broad SMARTS) is 1. The molecule has 83 heavy (non-hydrogen) atoms. The number of aliphatic hydroxyl groups excluding tert-OH is 1. The van der Waals surface area contributed by atoms with Gasteiger partial charge in [-0.15, -0.1) is 12.4 Å². The molecule has 0 bridgehead atoms. The number of para-hydroxylation sites is 6. The number of hydrogen-bond donors (Lipinski definition) is 8. The molecule has 6 rings (SSSR count). The molecule has 10 N–H and O–H groups in total. The summed E-state index contributed by atoms with van der Waals surface area (Å²) in [5, 5.41) is 27.0. The average Bonchev–Trinajstić information content (AvgIpc) is 3.44. The molecular weight excluding hydrogens is 1090 g/mol. The molecule has 22 heteroatoms. The maximum atomic E-state index is 13.0. The van der Waals surface area contributed by atoms with Gasteiger partial charge in [0.05, 0.1) is 79.8 Å². The van der Waals surface area contributed by atoms with E-state index in [-0.39, 0.29) is 56.8 Å². The minimum absolute atomic E-state index is 0. The maximum absolute atomic E-state index is 13.0. The highest BCUT2D eigenvalue weighted by Gasteiger charge is 2.30. The van der Waals surface area contributed by atoms with Gasteiger partial charge in [-0.25, -0.2) is 14.4 Å². The molecule has 0 saturated carbocycles. The fourth-order valence-electron chi connectivity index (χ4n) is 8.09. The SMILES string of the molecule is C.C.CC[C@H](C)[C@H](N)C(=O)Nc1ccccc1N1CCOCC1.CC[C@H](C)[C@H](NC(=O)OC(C)(C)C)C(=O)Nc1ccccc1N1CCOCC1.CC[C@H](C)[C@H](NC(=O)OC(C)(C)C)C(=O)O.CO.Cl.Nc1ccccc1N1CCOCC1. The third-order valence-corrected chi connectivity index (χ3v) is 13.2. The van der Waals surface area contributed by atoms with E-state index < -0.39 is 47.5 Å². The number of rotatable bonds is 16. The molecule has 3 aromatic carbocycles. The van der Waals surface area contributed by atoms with E-state index in [4.69, 9.17) is 45.4 Å². The molecule has 474 valence electrons. The topological polar surface area (TPSA) is 282 Å². The summed E-state index contributed by atoms with van der Waals surface area (Å²) in [6.07, 6.45) is 1.03. The van der Waals surface area contributed by atoms with Gasteiger partial charge in [0.2, 0.25) is 11.8 Å². The normalized spacial score (nSPS) is 16.0. The highest BCUT2D eigenvalue weighted by atomic mass is 35.5. The van der Waals surface area contributed by atoms with Gasteiger partial charge in [0.1, 0.15) is 23.3 Å². The predicted octanol–water partition coefficient (Wildman–Crippen LogP) is 9.65. The Balaban J connectivity index is 0. The van der Waals surface area contributed by atoms with Gasteiger partial charge in [0.15, 0.2) is 0 Å². The number of carbonyl (C=O) groups excluding carboxylic acids is 4. The number of anilines is 6. The number of hydrogen-bond acceptors (Lipinski definition) is 16. The van der Waals surface area contributed by atoms with Crippen LogP contribution < -0.4 is 47.4 Å². The van der Waals surface area contributed by atoms with Crippen LogP contribution in [0.5, 0.6) is 0 Å². The number of nitrogens with one attached hydrogen (secondary N) is 4. The van der Waals surface area contributed by atoms with E-state index in [1.165, 1.54) is 0 Å². The summed E-state index contributed by atoms with van der Waals surface area (Å²) in [5.74, 6) is -1.42. The van der Waals surface area contributed by atoms with E-state index in [1.54, 1.807) is 48.5 Å². The Morgan fingerprint density at radius 3 is 1.20 bits per heavy atom. The van der Waals surface area contributed by atoms with Crippen LogP contribution in [-0.4, -0.2) is 156 Å². The van der Waals surface area contributed by atoms with E-state index in [0.29, 0.717) is 32.8 Å². The molecule has 0 aromatic heterocycles. The molecule has 3 heterocycles. The molecule has 0 unspecified atom stereocenters. The second-order valence-electron chi connectivity index (χ2n) is 21.6. The number of nitrogen functional groups attached to an aromatic ring is 1. The van der Waals surface area contributed by atoms with Crippen molar-refractivity contribution < 1.29 is 57.9 Å². The monoisotopic (exact) mass is 1190 g/mol. The number of nitrogens with zero attached hydrogens (tertiary/aromatic N) is 3. The van der Waals surface area contributed by atoms with Crippen molar-refractivity contribution in [1.29, 1.82) is 0 Å². The van der Waals surface area contributed by atoms with Crippen molar-refractivity contribution in [3.05, 3.63) is 72.8 Å². The molecule has 0 radical (unpaired) electrons. The van der Waals surface area contributed by atoms with Crippen LogP contribution in [-0.2, 0) is 38.1 Å². The predicted molar refractivity (Wildman–Crippen MR) is 339 cm³/mol. The van der Waals surface area contributed by atoms with Gasteiger partial charge in [-0.3, -0.25) is 9.59 Å². The zero-order chi connectivity index (χ0) is 60.0. The average molecular weight is 1190 g/mol. The number of aliphatic hydroxyl groups is 1. The van der Waals surface area contributed by atoms with Crippen LogP contribution in [0.15, 0.2) is 72.8 Å². The quantitative estimate of drug-likeness (QED) is 0.0620. The van der Waals surface area contributed by atoms with Crippen LogP contribution >= 0.6 is 12.4 Å². The number of amides is 4. The smallest absolute Gasteiger partial charge is 0.408 e. The molecule has 0 aliphatic carbocycles. The number of aliphatic carboxylic acids is 1. The number of benzene rings is 3. The van der Waals surface area contributed by atoms with Crippen molar-refractivity contribution in [3.63, 3.8) is 0 Å². The van der Waals surface area contributed by atoms with Crippen molar-refractivity contribution >= 4 is 76.5 Å². The van der Waals surface area contributed by atoms with E-state index >= 15 is 0 Å². The summed E-state index contributed by atoms with van der Waals surface area (Å²) >= 11 is 0. The lowest BCUT2D eigenvalue weighted by molar-refractivity contribution is -0.140. The summed E-state index contributed by atoms with van der Waals surface area (Å²) in [6, 6.07) is 21.5. The first-order valence-electron chi connectivity index (χ1n) is 27.9. The zero-order valence-corrected chi connectivity index (χ0v) is 51.2. The van der Waals surface area contributed by atoms with E-state index in [1.807, 2.05) is 101 Å². The Labute approximate surface area is 503 Å². The Morgan fingerprint density at radius 2 is 0.855 bits per heavy atom. The Hall–Kier alpha value is -6.10. The Morgan fingerprint density at radius 1 is 0.542 bits per heavy atom. The summed E-state index contributed by atoms with van der Waals surface area (Å²) in [7, 11) is 1.00.